The summed E-state index contributed by atoms with van der Waals surface area (Å²) < 4.78 is 19.5. The average molecular weight is 336 g/mol. The smallest absolute Gasteiger partial charge is 0.254 e. The van der Waals surface area contributed by atoms with Gasteiger partial charge in [-0.2, -0.15) is 0 Å². The predicted octanol–water partition coefficient (Wildman–Crippen LogP) is 2.74. The number of hydrogen-bond acceptors (Lipinski definition) is 3. The van der Waals surface area contributed by atoms with Crippen molar-refractivity contribution >= 4 is 17.5 Å². The fraction of sp³-hybridized carbons (Fsp3) is 0.556. The molecule has 1 aliphatic heterocycles. The van der Waals surface area contributed by atoms with Gasteiger partial charge in [0, 0.05) is 31.3 Å². The Hall–Kier alpha value is -1.95. The molecule has 1 unspecified atom stereocenters. The van der Waals surface area contributed by atoms with E-state index in [4.69, 9.17) is 4.74 Å². The molecule has 2 rings (SSSR count). The molecule has 1 saturated heterocycles. The molecule has 2 amide bonds. The first-order valence-corrected chi connectivity index (χ1v) is 8.37. The molecule has 0 radical (unpaired) electrons. The third kappa shape index (κ3) is 4.77. The molecule has 0 bridgehead atoms. The fourth-order valence-electron chi connectivity index (χ4n) is 2.60. The summed E-state index contributed by atoms with van der Waals surface area (Å²) >= 11 is 0. The molecule has 24 heavy (non-hydrogen) atoms. The summed E-state index contributed by atoms with van der Waals surface area (Å²) in [6.07, 6.45) is 1.27. The molecule has 132 valence electrons. The fourth-order valence-corrected chi connectivity index (χ4v) is 2.60. The number of benzene rings is 1. The number of nitrogens with one attached hydrogen (secondary N) is 1. The molecule has 5 nitrogen and oxygen atoms in total. The number of amides is 2. The first kappa shape index (κ1) is 18.4. The van der Waals surface area contributed by atoms with E-state index >= 15 is 0 Å². The van der Waals surface area contributed by atoms with Crippen LogP contribution in [-0.4, -0.2) is 37.6 Å². The quantitative estimate of drug-likeness (QED) is 0.833. The zero-order chi connectivity index (χ0) is 17.7. The van der Waals surface area contributed by atoms with Gasteiger partial charge in [-0.15, -0.1) is 0 Å². The van der Waals surface area contributed by atoms with Crippen LogP contribution in [0.3, 0.4) is 0 Å². The zero-order valence-corrected chi connectivity index (χ0v) is 14.5. The van der Waals surface area contributed by atoms with E-state index in [2.05, 4.69) is 5.32 Å². The Morgan fingerprint density at radius 2 is 2.08 bits per heavy atom. The number of hydrogen-bond donors (Lipinski definition) is 1. The Morgan fingerprint density at radius 3 is 2.71 bits per heavy atom. The Morgan fingerprint density at radius 1 is 1.33 bits per heavy atom. The summed E-state index contributed by atoms with van der Waals surface area (Å²) in [5.74, 6) is -0.678. The number of carbonyl (C=O) groups is 2. The molecule has 0 aliphatic carbocycles. The topological polar surface area (TPSA) is 58.6 Å². The average Bonchev–Trinajstić information content (AvgIpc) is 2.93. The van der Waals surface area contributed by atoms with Crippen molar-refractivity contribution in [2.75, 3.05) is 24.7 Å². The largest absolute Gasteiger partial charge is 0.379 e. The van der Waals surface area contributed by atoms with Crippen LogP contribution in [-0.2, 0) is 9.53 Å². The lowest BCUT2D eigenvalue weighted by molar-refractivity contribution is -0.117. The van der Waals surface area contributed by atoms with Crippen molar-refractivity contribution in [2.24, 2.45) is 5.92 Å². The van der Waals surface area contributed by atoms with Crippen molar-refractivity contribution in [3.63, 3.8) is 0 Å². The van der Waals surface area contributed by atoms with Crippen LogP contribution < -0.4 is 10.2 Å². The Kier molecular flexibility index (Phi) is 6.31. The van der Waals surface area contributed by atoms with E-state index < -0.39 is 11.7 Å². The second-order valence-corrected chi connectivity index (χ2v) is 6.62. The molecule has 0 spiro atoms. The van der Waals surface area contributed by atoms with Crippen molar-refractivity contribution in [3.8, 4) is 0 Å². The standard InChI is InChI=1S/C18H25FN2O3/c1-12(2)10-24-11-13(3)20-18(23)15-9-14(6-7-16(15)19)21-8-4-5-17(21)22/h6-7,9,12-13H,4-5,8,10-11H2,1-3H3,(H,20,23). The third-order valence-electron chi connectivity index (χ3n) is 3.78. The van der Waals surface area contributed by atoms with E-state index in [1.807, 2.05) is 20.8 Å². The van der Waals surface area contributed by atoms with Crippen molar-refractivity contribution in [1.29, 1.82) is 0 Å². The molecule has 1 heterocycles. The summed E-state index contributed by atoms with van der Waals surface area (Å²) in [5.41, 5.74) is 0.510. The first-order valence-electron chi connectivity index (χ1n) is 8.37. The number of ether oxygens (including phenoxy) is 1. The Bertz CT molecular complexity index is 604. The van der Waals surface area contributed by atoms with Crippen molar-refractivity contribution in [2.45, 2.75) is 39.7 Å². The summed E-state index contributed by atoms with van der Waals surface area (Å²) in [6.45, 7) is 7.49. The number of rotatable bonds is 7. The van der Waals surface area contributed by atoms with Crippen LogP contribution in [0.25, 0.3) is 0 Å². The maximum Gasteiger partial charge on any atom is 0.254 e. The highest BCUT2D eigenvalue weighted by molar-refractivity contribution is 5.99. The van der Waals surface area contributed by atoms with Gasteiger partial charge in [0.15, 0.2) is 0 Å². The normalized spacial score (nSPS) is 15.9. The Balaban J connectivity index is 2.01. The van der Waals surface area contributed by atoms with E-state index in [0.29, 0.717) is 37.8 Å². The lowest BCUT2D eigenvalue weighted by Crippen LogP contribution is -2.36. The molecule has 1 atom stereocenters. The van der Waals surface area contributed by atoms with Gasteiger partial charge >= 0.3 is 0 Å². The van der Waals surface area contributed by atoms with Crippen LogP contribution in [0, 0.1) is 11.7 Å². The molecule has 1 aromatic rings. The van der Waals surface area contributed by atoms with E-state index in [1.165, 1.54) is 18.2 Å². The van der Waals surface area contributed by atoms with E-state index in [1.54, 1.807) is 4.90 Å². The van der Waals surface area contributed by atoms with Gasteiger partial charge in [0.25, 0.3) is 5.91 Å². The third-order valence-corrected chi connectivity index (χ3v) is 3.78. The van der Waals surface area contributed by atoms with Gasteiger partial charge in [0.2, 0.25) is 5.91 Å². The van der Waals surface area contributed by atoms with Crippen molar-refractivity contribution in [1.82, 2.24) is 5.32 Å². The van der Waals surface area contributed by atoms with Crippen LogP contribution in [0.1, 0.15) is 44.0 Å². The molecular weight excluding hydrogens is 311 g/mol. The Labute approximate surface area is 142 Å². The number of anilines is 1. The minimum absolute atomic E-state index is 0.00317. The highest BCUT2D eigenvalue weighted by Crippen LogP contribution is 2.23. The SMILES string of the molecule is CC(C)COCC(C)NC(=O)c1cc(N2CCCC2=O)ccc1F. The lowest BCUT2D eigenvalue weighted by Gasteiger charge is -2.18. The van der Waals surface area contributed by atoms with Gasteiger partial charge in [0.05, 0.1) is 12.2 Å². The molecule has 1 aromatic carbocycles. The second-order valence-electron chi connectivity index (χ2n) is 6.62. The summed E-state index contributed by atoms with van der Waals surface area (Å²) in [5, 5.41) is 2.73. The van der Waals surface area contributed by atoms with Gasteiger partial charge in [-0.1, -0.05) is 13.8 Å². The summed E-state index contributed by atoms with van der Waals surface area (Å²) in [7, 11) is 0. The van der Waals surface area contributed by atoms with E-state index in [0.717, 1.165) is 6.42 Å². The second kappa shape index (κ2) is 8.24. The van der Waals surface area contributed by atoms with Crippen molar-refractivity contribution < 1.29 is 18.7 Å². The van der Waals surface area contributed by atoms with Gasteiger partial charge in [-0.05, 0) is 37.5 Å². The van der Waals surface area contributed by atoms with Gasteiger partial charge in [0.1, 0.15) is 5.82 Å². The highest BCUT2D eigenvalue weighted by Gasteiger charge is 2.24. The van der Waals surface area contributed by atoms with E-state index in [9.17, 15) is 14.0 Å². The van der Waals surface area contributed by atoms with Gasteiger partial charge in [-0.3, -0.25) is 9.59 Å². The van der Waals surface area contributed by atoms with E-state index in [-0.39, 0.29) is 17.5 Å². The van der Waals surface area contributed by atoms with Crippen molar-refractivity contribution in [3.05, 3.63) is 29.6 Å². The monoisotopic (exact) mass is 336 g/mol. The summed E-state index contributed by atoms with van der Waals surface area (Å²) in [4.78, 5) is 25.7. The summed E-state index contributed by atoms with van der Waals surface area (Å²) in [6, 6.07) is 3.98. The molecule has 1 fully saturated rings. The van der Waals surface area contributed by atoms with Crippen LogP contribution in [0.4, 0.5) is 10.1 Å². The van der Waals surface area contributed by atoms with Crippen LogP contribution in [0.15, 0.2) is 18.2 Å². The van der Waals surface area contributed by atoms with Crippen LogP contribution in [0.5, 0.6) is 0 Å². The predicted molar refractivity (Wildman–Crippen MR) is 90.6 cm³/mol. The maximum atomic E-state index is 14.0. The highest BCUT2D eigenvalue weighted by atomic mass is 19.1. The number of halogens is 1. The zero-order valence-electron chi connectivity index (χ0n) is 14.5. The first-order chi connectivity index (χ1) is 11.4. The molecule has 0 aromatic heterocycles. The minimum Gasteiger partial charge on any atom is -0.379 e. The van der Waals surface area contributed by atoms with Crippen LogP contribution in [0.2, 0.25) is 0 Å². The molecule has 1 aliphatic rings. The minimum atomic E-state index is -0.599. The number of carbonyl (C=O) groups excluding carboxylic acids is 2. The van der Waals surface area contributed by atoms with Crippen LogP contribution >= 0.6 is 0 Å². The maximum absolute atomic E-state index is 14.0. The molecule has 6 heteroatoms. The lowest BCUT2D eigenvalue weighted by atomic mass is 10.1. The molecular formula is C18H25FN2O3. The molecule has 0 saturated carbocycles. The van der Waals surface area contributed by atoms with Gasteiger partial charge < -0.3 is 15.0 Å². The molecule has 1 N–H and O–H groups in total. The van der Waals surface area contributed by atoms with Gasteiger partial charge in [-0.25, -0.2) is 4.39 Å². The number of nitrogens with zero attached hydrogens (tertiary/aromatic N) is 1.